The number of carbonyl (C=O) groups excluding carboxylic acids is 2. The molecule has 1 aromatic heterocycles. The number of hydrogen-bond donors (Lipinski definition) is 3. The summed E-state index contributed by atoms with van der Waals surface area (Å²) in [6.07, 6.45) is 4.01. The summed E-state index contributed by atoms with van der Waals surface area (Å²) in [6.45, 7) is -0.159. The molecule has 1 saturated carbocycles. The van der Waals surface area contributed by atoms with Crippen molar-refractivity contribution in [3.05, 3.63) is 24.2 Å². The van der Waals surface area contributed by atoms with Crippen LogP contribution in [0.4, 0.5) is 0 Å². The summed E-state index contributed by atoms with van der Waals surface area (Å²) in [5.41, 5.74) is 0. The van der Waals surface area contributed by atoms with Crippen molar-refractivity contribution < 1.29 is 23.9 Å². The number of aliphatic carboxylic acids is 1. The van der Waals surface area contributed by atoms with Gasteiger partial charge in [-0.2, -0.15) is 0 Å². The van der Waals surface area contributed by atoms with Crippen molar-refractivity contribution in [1.29, 1.82) is 0 Å². The summed E-state index contributed by atoms with van der Waals surface area (Å²) >= 11 is 0. The second kappa shape index (κ2) is 6.92. The molecule has 0 spiro atoms. The van der Waals surface area contributed by atoms with Gasteiger partial charge in [-0.05, 0) is 31.4 Å². The lowest BCUT2D eigenvalue weighted by molar-refractivity contribution is -0.143. The number of carboxylic acid groups (broad SMARTS) is 1. The van der Waals surface area contributed by atoms with Gasteiger partial charge in [0.15, 0.2) is 5.76 Å². The van der Waals surface area contributed by atoms with Gasteiger partial charge in [0.05, 0.1) is 18.7 Å². The quantitative estimate of drug-likeness (QED) is 0.743. The lowest BCUT2D eigenvalue weighted by Gasteiger charge is -2.27. The van der Waals surface area contributed by atoms with E-state index in [1.54, 1.807) is 6.07 Å². The molecular weight excluding hydrogens is 276 g/mol. The molecule has 114 valence electrons. The van der Waals surface area contributed by atoms with E-state index in [1.807, 2.05) is 0 Å². The maximum absolute atomic E-state index is 11.8. The van der Waals surface area contributed by atoms with Gasteiger partial charge in [0.2, 0.25) is 5.91 Å². The van der Waals surface area contributed by atoms with Crippen molar-refractivity contribution in [1.82, 2.24) is 10.6 Å². The number of carbonyl (C=O) groups is 3. The monoisotopic (exact) mass is 294 g/mol. The first-order valence-electron chi connectivity index (χ1n) is 6.90. The molecule has 2 unspecified atom stereocenters. The Morgan fingerprint density at radius 2 is 2.14 bits per heavy atom. The van der Waals surface area contributed by atoms with E-state index in [4.69, 9.17) is 9.52 Å². The Morgan fingerprint density at radius 1 is 1.33 bits per heavy atom. The lowest BCUT2D eigenvalue weighted by Crippen LogP contribution is -2.44. The molecule has 3 N–H and O–H groups in total. The summed E-state index contributed by atoms with van der Waals surface area (Å²) < 4.78 is 4.91. The highest BCUT2D eigenvalue weighted by Crippen LogP contribution is 2.24. The number of carboxylic acids is 1. The molecule has 2 atom stereocenters. The van der Waals surface area contributed by atoms with Crippen LogP contribution in [0, 0.1) is 5.92 Å². The van der Waals surface area contributed by atoms with Gasteiger partial charge in [-0.3, -0.25) is 14.4 Å². The lowest BCUT2D eigenvalue weighted by atomic mass is 9.86. The van der Waals surface area contributed by atoms with Crippen LogP contribution in [0.25, 0.3) is 0 Å². The van der Waals surface area contributed by atoms with E-state index >= 15 is 0 Å². The zero-order valence-electron chi connectivity index (χ0n) is 11.5. The van der Waals surface area contributed by atoms with Gasteiger partial charge in [-0.1, -0.05) is 6.42 Å². The molecular formula is C14H18N2O5. The fourth-order valence-corrected chi connectivity index (χ4v) is 2.48. The highest BCUT2D eigenvalue weighted by Gasteiger charge is 2.27. The Balaban J connectivity index is 1.74. The van der Waals surface area contributed by atoms with Gasteiger partial charge in [0, 0.05) is 6.04 Å². The van der Waals surface area contributed by atoms with E-state index in [0.29, 0.717) is 12.8 Å². The van der Waals surface area contributed by atoms with E-state index in [0.717, 1.165) is 12.8 Å². The maximum atomic E-state index is 11.8. The van der Waals surface area contributed by atoms with Crippen molar-refractivity contribution in [3.8, 4) is 0 Å². The van der Waals surface area contributed by atoms with Crippen LogP contribution >= 0.6 is 0 Å². The van der Waals surface area contributed by atoms with Crippen LogP contribution < -0.4 is 10.6 Å². The summed E-state index contributed by atoms with van der Waals surface area (Å²) in [5.74, 6) is -1.86. The summed E-state index contributed by atoms with van der Waals surface area (Å²) in [6, 6.07) is 2.95. The SMILES string of the molecule is O=C(CNC(=O)c1ccco1)NC1CCCC(C(=O)O)C1. The van der Waals surface area contributed by atoms with E-state index in [9.17, 15) is 14.4 Å². The smallest absolute Gasteiger partial charge is 0.306 e. The van der Waals surface area contributed by atoms with Crippen molar-refractivity contribution >= 4 is 17.8 Å². The van der Waals surface area contributed by atoms with Crippen LogP contribution in [0.3, 0.4) is 0 Å². The summed E-state index contributed by atoms with van der Waals surface area (Å²) in [4.78, 5) is 34.3. The molecule has 1 fully saturated rings. The first-order valence-corrected chi connectivity index (χ1v) is 6.90. The van der Waals surface area contributed by atoms with Crippen LogP contribution in [0.5, 0.6) is 0 Å². The molecule has 0 aliphatic heterocycles. The highest BCUT2D eigenvalue weighted by atomic mass is 16.4. The van der Waals surface area contributed by atoms with Crippen LogP contribution in [-0.4, -0.2) is 35.5 Å². The van der Waals surface area contributed by atoms with Crippen LogP contribution in [0.1, 0.15) is 36.2 Å². The Morgan fingerprint density at radius 3 is 2.81 bits per heavy atom. The molecule has 21 heavy (non-hydrogen) atoms. The Bertz CT molecular complexity index is 511. The average molecular weight is 294 g/mol. The van der Waals surface area contributed by atoms with E-state index in [-0.39, 0.29) is 24.3 Å². The second-order valence-corrected chi connectivity index (χ2v) is 5.13. The van der Waals surface area contributed by atoms with Gasteiger partial charge in [-0.15, -0.1) is 0 Å². The molecule has 2 amide bonds. The number of amides is 2. The molecule has 0 bridgehead atoms. The van der Waals surface area contributed by atoms with Gasteiger partial charge in [0.1, 0.15) is 0 Å². The predicted octanol–water partition coefficient (Wildman–Crippen LogP) is 0.769. The first-order chi connectivity index (χ1) is 10.1. The number of furan rings is 1. The van der Waals surface area contributed by atoms with E-state index in [2.05, 4.69) is 10.6 Å². The summed E-state index contributed by atoms with van der Waals surface area (Å²) in [5, 5.41) is 14.2. The molecule has 1 aliphatic carbocycles. The normalized spacial score (nSPS) is 21.5. The average Bonchev–Trinajstić information content (AvgIpc) is 2.99. The molecule has 2 rings (SSSR count). The molecule has 7 nitrogen and oxygen atoms in total. The van der Waals surface area contributed by atoms with Gasteiger partial charge < -0.3 is 20.2 Å². The van der Waals surface area contributed by atoms with Crippen molar-refractivity contribution in [2.24, 2.45) is 5.92 Å². The first kappa shape index (κ1) is 15.1. The van der Waals surface area contributed by atoms with E-state index < -0.39 is 17.8 Å². The second-order valence-electron chi connectivity index (χ2n) is 5.13. The molecule has 1 aliphatic rings. The minimum absolute atomic E-state index is 0.145. The largest absolute Gasteiger partial charge is 0.481 e. The zero-order valence-corrected chi connectivity index (χ0v) is 11.5. The van der Waals surface area contributed by atoms with Crippen molar-refractivity contribution in [3.63, 3.8) is 0 Å². The molecule has 1 heterocycles. The van der Waals surface area contributed by atoms with Crippen molar-refractivity contribution in [2.75, 3.05) is 6.54 Å². The molecule has 0 radical (unpaired) electrons. The minimum Gasteiger partial charge on any atom is -0.481 e. The Kier molecular flexibility index (Phi) is 4.97. The molecule has 0 aromatic carbocycles. The number of hydrogen-bond acceptors (Lipinski definition) is 4. The van der Waals surface area contributed by atoms with Crippen LogP contribution in [0.2, 0.25) is 0 Å². The Hall–Kier alpha value is -2.31. The predicted molar refractivity (Wildman–Crippen MR) is 72.6 cm³/mol. The van der Waals surface area contributed by atoms with E-state index in [1.165, 1.54) is 12.3 Å². The Labute approximate surface area is 121 Å². The van der Waals surface area contributed by atoms with Gasteiger partial charge in [0.25, 0.3) is 5.91 Å². The molecule has 1 aromatic rings. The third kappa shape index (κ3) is 4.34. The standard InChI is InChI=1S/C14H18N2O5/c17-12(8-15-13(18)11-5-2-6-21-11)16-10-4-1-3-9(7-10)14(19)20/h2,5-6,9-10H,1,3-4,7-8H2,(H,15,18)(H,16,17)(H,19,20). The fourth-order valence-electron chi connectivity index (χ4n) is 2.48. The summed E-state index contributed by atoms with van der Waals surface area (Å²) in [7, 11) is 0. The molecule has 0 saturated heterocycles. The third-order valence-electron chi connectivity index (χ3n) is 3.54. The van der Waals surface area contributed by atoms with Crippen LogP contribution in [-0.2, 0) is 9.59 Å². The number of rotatable bonds is 5. The highest BCUT2D eigenvalue weighted by molar-refractivity contribution is 5.94. The minimum atomic E-state index is -0.819. The third-order valence-corrected chi connectivity index (χ3v) is 3.54. The van der Waals surface area contributed by atoms with Crippen molar-refractivity contribution in [2.45, 2.75) is 31.7 Å². The molecule has 7 heteroatoms. The zero-order chi connectivity index (χ0) is 15.2. The fraction of sp³-hybridized carbons (Fsp3) is 0.500. The van der Waals surface area contributed by atoms with Crippen LogP contribution in [0.15, 0.2) is 22.8 Å². The van der Waals surface area contributed by atoms with Gasteiger partial charge >= 0.3 is 5.97 Å². The van der Waals surface area contributed by atoms with Gasteiger partial charge in [-0.25, -0.2) is 0 Å². The topological polar surface area (TPSA) is 109 Å². The number of nitrogens with one attached hydrogen (secondary N) is 2. The maximum Gasteiger partial charge on any atom is 0.306 e.